The lowest BCUT2D eigenvalue weighted by Gasteiger charge is -2.07. The Morgan fingerprint density at radius 1 is 1.37 bits per heavy atom. The number of allylic oxidation sites excluding steroid dienone is 1. The summed E-state index contributed by atoms with van der Waals surface area (Å²) in [6.45, 7) is 1.56. The molecule has 1 aromatic rings. The molecule has 0 saturated carbocycles. The lowest BCUT2D eigenvalue weighted by molar-refractivity contribution is -0.140. The Bertz CT molecular complexity index is 478. The molecule has 0 saturated heterocycles. The fraction of sp³-hybridized carbons (Fsp3) is 0.308. The van der Waals surface area contributed by atoms with Crippen molar-refractivity contribution in [3.8, 4) is 0 Å². The van der Waals surface area contributed by atoms with Gasteiger partial charge >= 0.3 is 12.1 Å². The molecule has 0 spiro atoms. The highest BCUT2D eigenvalue weighted by Gasteiger charge is 2.30. The average molecular weight is 276 g/mol. The third-order valence-corrected chi connectivity index (χ3v) is 2.24. The first-order valence-electron chi connectivity index (χ1n) is 5.53. The van der Waals surface area contributed by atoms with Crippen molar-refractivity contribution in [2.75, 3.05) is 6.61 Å². The monoisotopic (exact) mass is 276 g/mol. The maximum atomic E-state index is 13.2. The number of halogens is 4. The molecule has 0 amide bonds. The molecule has 0 heterocycles. The van der Waals surface area contributed by atoms with Crippen LogP contribution in [0.5, 0.6) is 0 Å². The highest BCUT2D eigenvalue weighted by molar-refractivity contribution is 5.85. The molecule has 0 aliphatic rings. The van der Waals surface area contributed by atoms with Crippen LogP contribution in [0.2, 0.25) is 0 Å². The first kappa shape index (κ1) is 15.2. The second-order valence-corrected chi connectivity index (χ2v) is 3.67. The standard InChI is InChI=1S/C13H12F4O2/c1-2-19-12(18)11(14)7-6-9-4-3-5-10(8-9)13(15,16)17/h3-5,7-8H,2,6H2,1H3. The summed E-state index contributed by atoms with van der Waals surface area (Å²) >= 11 is 0. The Morgan fingerprint density at radius 2 is 2.05 bits per heavy atom. The highest BCUT2D eigenvalue weighted by atomic mass is 19.4. The second kappa shape index (κ2) is 6.36. The van der Waals surface area contributed by atoms with Crippen molar-refractivity contribution in [1.82, 2.24) is 0 Å². The summed E-state index contributed by atoms with van der Waals surface area (Å²) in [5, 5.41) is 0. The first-order chi connectivity index (χ1) is 8.84. The zero-order chi connectivity index (χ0) is 14.5. The molecule has 0 bridgehead atoms. The van der Waals surface area contributed by atoms with Crippen LogP contribution in [0.15, 0.2) is 36.2 Å². The van der Waals surface area contributed by atoms with Gasteiger partial charge in [-0.15, -0.1) is 0 Å². The summed E-state index contributed by atoms with van der Waals surface area (Å²) in [7, 11) is 0. The van der Waals surface area contributed by atoms with E-state index >= 15 is 0 Å². The molecule has 6 heteroatoms. The minimum absolute atomic E-state index is 0.0314. The van der Waals surface area contributed by atoms with E-state index in [2.05, 4.69) is 4.74 Å². The number of esters is 1. The minimum atomic E-state index is -4.45. The lowest BCUT2D eigenvalue weighted by atomic mass is 10.1. The summed E-state index contributed by atoms with van der Waals surface area (Å²) in [5.74, 6) is -2.23. The molecule has 19 heavy (non-hydrogen) atoms. The van der Waals surface area contributed by atoms with Gasteiger partial charge < -0.3 is 4.74 Å². The van der Waals surface area contributed by atoms with Gasteiger partial charge in [-0.25, -0.2) is 4.79 Å². The van der Waals surface area contributed by atoms with E-state index in [-0.39, 0.29) is 18.6 Å². The molecule has 0 atom stereocenters. The second-order valence-electron chi connectivity index (χ2n) is 3.67. The third-order valence-electron chi connectivity index (χ3n) is 2.24. The van der Waals surface area contributed by atoms with Crippen LogP contribution in [-0.2, 0) is 22.1 Å². The summed E-state index contributed by atoms with van der Waals surface area (Å²) in [4.78, 5) is 10.9. The van der Waals surface area contributed by atoms with E-state index in [1.165, 1.54) is 19.1 Å². The Labute approximate surface area is 107 Å². The smallest absolute Gasteiger partial charge is 0.416 e. The molecule has 0 radical (unpaired) electrons. The number of ether oxygens (including phenoxy) is 1. The van der Waals surface area contributed by atoms with Crippen molar-refractivity contribution < 1.29 is 27.1 Å². The van der Waals surface area contributed by atoms with E-state index in [0.29, 0.717) is 0 Å². The van der Waals surface area contributed by atoms with Crippen molar-refractivity contribution in [3.05, 3.63) is 47.3 Å². The third kappa shape index (κ3) is 4.73. The summed E-state index contributed by atoms with van der Waals surface area (Å²) in [6.07, 6.45) is -3.67. The molecule has 0 unspecified atom stereocenters. The van der Waals surface area contributed by atoms with Crippen LogP contribution in [-0.4, -0.2) is 12.6 Å². The maximum absolute atomic E-state index is 13.2. The lowest BCUT2D eigenvalue weighted by Crippen LogP contribution is -2.06. The van der Waals surface area contributed by atoms with Crippen LogP contribution in [0.3, 0.4) is 0 Å². The molecule has 1 aromatic carbocycles. The zero-order valence-electron chi connectivity index (χ0n) is 10.1. The molecular weight excluding hydrogens is 264 g/mol. The van der Waals surface area contributed by atoms with Crippen molar-refractivity contribution in [1.29, 1.82) is 0 Å². The number of hydrogen-bond donors (Lipinski definition) is 0. The average Bonchev–Trinajstić information content (AvgIpc) is 2.35. The Morgan fingerprint density at radius 3 is 2.63 bits per heavy atom. The van der Waals surface area contributed by atoms with E-state index in [1.807, 2.05) is 0 Å². The molecule has 0 aliphatic heterocycles. The molecule has 104 valence electrons. The predicted octanol–water partition coefficient (Wildman–Crippen LogP) is 3.66. The number of alkyl halides is 3. The minimum Gasteiger partial charge on any atom is -0.461 e. The van der Waals surface area contributed by atoms with E-state index < -0.39 is 23.5 Å². The number of benzene rings is 1. The van der Waals surface area contributed by atoms with Gasteiger partial charge in [0, 0.05) is 0 Å². The van der Waals surface area contributed by atoms with Gasteiger partial charge in [-0.05, 0) is 31.1 Å². The van der Waals surface area contributed by atoms with Gasteiger partial charge in [0.2, 0.25) is 5.83 Å². The quantitative estimate of drug-likeness (QED) is 0.476. The van der Waals surface area contributed by atoms with E-state index in [4.69, 9.17) is 0 Å². The van der Waals surface area contributed by atoms with Crippen LogP contribution >= 0.6 is 0 Å². The van der Waals surface area contributed by atoms with Crippen LogP contribution in [0.25, 0.3) is 0 Å². The zero-order valence-corrected chi connectivity index (χ0v) is 10.1. The van der Waals surface area contributed by atoms with E-state index in [0.717, 1.165) is 18.2 Å². The van der Waals surface area contributed by atoms with E-state index in [9.17, 15) is 22.4 Å². The van der Waals surface area contributed by atoms with Gasteiger partial charge in [0.05, 0.1) is 12.2 Å². The number of hydrogen-bond acceptors (Lipinski definition) is 2. The van der Waals surface area contributed by atoms with Gasteiger partial charge in [0.25, 0.3) is 0 Å². The Kier molecular flexibility index (Phi) is 5.09. The molecule has 0 aliphatic carbocycles. The molecule has 2 nitrogen and oxygen atoms in total. The predicted molar refractivity (Wildman–Crippen MR) is 61.0 cm³/mol. The Hall–Kier alpha value is -1.85. The fourth-order valence-corrected chi connectivity index (χ4v) is 1.37. The normalized spacial score (nSPS) is 12.4. The number of rotatable bonds is 4. The van der Waals surface area contributed by atoms with E-state index in [1.54, 1.807) is 0 Å². The SMILES string of the molecule is CCOC(=O)C(F)=CCc1cccc(C(F)(F)F)c1. The number of carbonyl (C=O) groups is 1. The molecule has 0 N–H and O–H groups in total. The first-order valence-corrected chi connectivity index (χ1v) is 5.53. The summed E-state index contributed by atoms with van der Waals surface area (Å²) in [5.41, 5.74) is -0.552. The topological polar surface area (TPSA) is 26.3 Å². The molecule has 1 rings (SSSR count). The van der Waals surface area contributed by atoms with Crippen LogP contribution in [0, 0.1) is 0 Å². The molecule has 0 aromatic heterocycles. The largest absolute Gasteiger partial charge is 0.461 e. The van der Waals surface area contributed by atoms with Crippen molar-refractivity contribution in [2.24, 2.45) is 0 Å². The van der Waals surface area contributed by atoms with Crippen molar-refractivity contribution >= 4 is 5.97 Å². The highest BCUT2D eigenvalue weighted by Crippen LogP contribution is 2.29. The number of carbonyl (C=O) groups excluding carboxylic acids is 1. The molecular formula is C13H12F4O2. The van der Waals surface area contributed by atoms with Crippen LogP contribution < -0.4 is 0 Å². The van der Waals surface area contributed by atoms with Gasteiger partial charge in [0.1, 0.15) is 0 Å². The summed E-state index contributed by atoms with van der Waals surface area (Å²) < 4.78 is 54.9. The van der Waals surface area contributed by atoms with Crippen LogP contribution in [0.1, 0.15) is 18.1 Å². The van der Waals surface area contributed by atoms with Gasteiger partial charge in [-0.1, -0.05) is 18.2 Å². The molecule has 0 fully saturated rings. The maximum Gasteiger partial charge on any atom is 0.416 e. The van der Waals surface area contributed by atoms with Crippen molar-refractivity contribution in [2.45, 2.75) is 19.5 Å². The van der Waals surface area contributed by atoms with Crippen molar-refractivity contribution in [3.63, 3.8) is 0 Å². The fourth-order valence-electron chi connectivity index (χ4n) is 1.37. The van der Waals surface area contributed by atoms with Crippen LogP contribution in [0.4, 0.5) is 17.6 Å². The Balaban J connectivity index is 2.78. The summed E-state index contributed by atoms with van der Waals surface area (Å²) in [6, 6.07) is 4.49. The van der Waals surface area contributed by atoms with Gasteiger partial charge in [-0.2, -0.15) is 17.6 Å². The van der Waals surface area contributed by atoms with Gasteiger partial charge in [0.15, 0.2) is 0 Å². The van der Waals surface area contributed by atoms with Gasteiger partial charge in [-0.3, -0.25) is 0 Å².